The Morgan fingerprint density at radius 2 is 0.861 bits per heavy atom. The maximum absolute atomic E-state index is 2.53. The molecule has 0 saturated heterocycles. The van der Waals surface area contributed by atoms with Crippen molar-refractivity contribution in [1.82, 2.24) is 0 Å². The molecule has 1 atom stereocenters. The van der Waals surface area contributed by atoms with E-state index in [0.29, 0.717) is 0 Å². The zero-order valence-electron chi connectivity index (χ0n) is 21.4. The summed E-state index contributed by atoms with van der Waals surface area (Å²) in [4.78, 5) is 0. The van der Waals surface area contributed by atoms with Crippen LogP contribution in [0.2, 0.25) is 0 Å². The summed E-state index contributed by atoms with van der Waals surface area (Å²) in [6.45, 7) is 0. The van der Waals surface area contributed by atoms with Gasteiger partial charge in [-0.1, -0.05) is 146 Å². The van der Waals surface area contributed by atoms with Crippen LogP contribution in [0.1, 0.15) is 51.4 Å². The Morgan fingerprint density at radius 1 is 0.444 bits per heavy atom. The van der Waals surface area contributed by atoms with E-state index in [2.05, 4.69) is 127 Å². The molecule has 1 heteroatoms. The summed E-state index contributed by atoms with van der Waals surface area (Å²) in [6.07, 6.45) is 13.0. The number of fused-ring (bicyclic) bond motifs is 1. The second-order valence-corrected chi connectivity index (χ2v) is 10.5. The number of hydrogen-bond acceptors (Lipinski definition) is 0. The van der Waals surface area contributed by atoms with Gasteiger partial charge in [-0.25, -0.2) is 0 Å². The molecule has 0 heterocycles. The maximum atomic E-state index is 2.53. The number of benzene rings is 4. The largest absolute Gasteiger partial charge is 0.195 e. The van der Waals surface area contributed by atoms with Gasteiger partial charge in [-0.05, 0) is 44.4 Å². The molecule has 6 rings (SSSR count). The summed E-state index contributed by atoms with van der Waals surface area (Å²) in [5, 5.41) is 0. The van der Waals surface area contributed by atoms with Gasteiger partial charge >= 0.3 is 0 Å². The second kappa shape index (κ2) is 12.1. The van der Waals surface area contributed by atoms with Crippen molar-refractivity contribution in [1.29, 1.82) is 0 Å². The molecule has 2 aliphatic carbocycles. The molecule has 4 aromatic rings. The Morgan fingerprint density at radius 3 is 1.31 bits per heavy atom. The maximum Gasteiger partial charge on any atom is 0.108 e. The average molecular weight is 470 g/mol. The minimum atomic E-state index is -1.22. The molecule has 2 aliphatic rings. The van der Waals surface area contributed by atoms with E-state index in [0.717, 1.165) is 5.92 Å². The topological polar surface area (TPSA) is 0 Å². The van der Waals surface area contributed by atoms with Crippen molar-refractivity contribution in [2.45, 2.75) is 51.4 Å². The van der Waals surface area contributed by atoms with E-state index in [1.807, 2.05) is 5.57 Å². The molecule has 0 aromatic heterocycles. The lowest BCUT2D eigenvalue weighted by Gasteiger charge is -2.44. The summed E-state index contributed by atoms with van der Waals surface area (Å²) in [5.74, 6) is 1.01. The Kier molecular flexibility index (Phi) is 8.19. The van der Waals surface area contributed by atoms with Gasteiger partial charge in [0.25, 0.3) is 0 Å². The highest BCUT2D eigenvalue weighted by atomic mass is 14.2. The molecule has 1 fully saturated rings. The van der Waals surface area contributed by atoms with E-state index in [-0.39, 0.29) is 0 Å². The predicted molar refractivity (Wildman–Crippen MR) is 159 cm³/mol. The van der Waals surface area contributed by atoms with Gasteiger partial charge in [0.15, 0.2) is 0 Å². The first-order valence-electron chi connectivity index (χ1n) is 14.0. The van der Waals surface area contributed by atoms with Crippen LogP contribution in [0.25, 0.3) is 0 Å². The van der Waals surface area contributed by atoms with Crippen LogP contribution in [0.15, 0.2) is 133 Å². The molecular formula is C35H38B-. The van der Waals surface area contributed by atoms with Crippen LogP contribution in [0, 0.1) is 5.92 Å². The first kappa shape index (κ1) is 24.4. The van der Waals surface area contributed by atoms with E-state index in [1.54, 1.807) is 0 Å². The van der Waals surface area contributed by atoms with Gasteiger partial charge in [0, 0.05) is 0 Å². The van der Waals surface area contributed by atoms with Gasteiger partial charge in [-0.15, -0.1) is 0 Å². The third-order valence-corrected chi connectivity index (χ3v) is 8.40. The van der Waals surface area contributed by atoms with Crippen molar-refractivity contribution >= 4 is 28.0 Å². The third-order valence-electron chi connectivity index (χ3n) is 8.40. The van der Waals surface area contributed by atoms with Gasteiger partial charge in [0.05, 0.1) is 0 Å². The fraction of sp³-hybridized carbons (Fsp3) is 0.257. The van der Waals surface area contributed by atoms with Crippen molar-refractivity contribution in [2.75, 3.05) is 0 Å². The molecule has 0 nitrogen and oxygen atoms in total. The zero-order chi connectivity index (χ0) is 24.5. The van der Waals surface area contributed by atoms with Gasteiger partial charge in [-0.3, -0.25) is 0 Å². The van der Waals surface area contributed by atoms with Crippen LogP contribution in [-0.2, 0) is 0 Å². The lowest BCUT2D eigenvalue weighted by molar-refractivity contribution is 0.473. The first-order valence-corrected chi connectivity index (χ1v) is 14.0. The summed E-state index contributed by atoms with van der Waals surface area (Å²) < 4.78 is 0. The predicted octanol–water partition coefficient (Wildman–Crippen LogP) is 6.74. The van der Waals surface area contributed by atoms with Crippen molar-refractivity contribution in [3.63, 3.8) is 0 Å². The highest BCUT2D eigenvalue weighted by Crippen LogP contribution is 2.35. The number of allylic oxidation sites excluding steroid dienone is 2. The Labute approximate surface area is 218 Å². The van der Waals surface area contributed by atoms with Crippen molar-refractivity contribution in [2.24, 2.45) is 5.92 Å². The Hall–Kier alpha value is -3.32. The lowest BCUT2D eigenvalue weighted by Crippen LogP contribution is -2.74. The molecule has 1 unspecified atom stereocenters. The van der Waals surface area contributed by atoms with E-state index < -0.39 is 6.15 Å². The van der Waals surface area contributed by atoms with Gasteiger partial charge in [0.2, 0.25) is 0 Å². The molecule has 182 valence electrons. The fourth-order valence-electron chi connectivity index (χ4n) is 6.66. The summed E-state index contributed by atoms with van der Waals surface area (Å²) in [6, 6.07) is 43.5. The Bertz CT molecular complexity index is 1050. The monoisotopic (exact) mass is 469 g/mol. The third kappa shape index (κ3) is 5.26. The SMILES string of the molecule is C1=C2CCCCCC2CCC1.c1ccc([B-](c2ccccc2)(c2ccccc2)c2ccccc2)cc1. The van der Waals surface area contributed by atoms with Crippen LogP contribution >= 0.6 is 0 Å². The molecule has 0 spiro atoms. The summed E-state index contributed by atoms with van der Waals surface area (Å²) in [7, 11) is 0. The van der Waals surface area contributed by atoms with Crippen LogP contribution in [0.3, 0.4) is 0 Å². The van der Waals surface area contributed by atoms with Crippen molar-refractivity contribution < 1.29 is 0 Å². The summed E-state index contributed by atoms with van der Waals surface area (Å²) in [5.41, 5.74) is 7.17. The Balaban J connectivity index is 0.000000202. The van der Waals surface area contributed by atoms with E-state index in [9.17, 15) is 0 Å². The zero-order valence-corrected chi connectivity index (χ0v) is 21.4. The standard InChI is InChI=1S/C24H20B.C11H18/c1-5-13-21(14-6-1)25(22-15-7-2-8-16-22,23-17-9-3-10-18-23)24-19-11-4-12-20-24;1-2-6-10-8-4-5-9-11(10)7-3-1/h1-20H;8,11H,1-7,9H2/q-1;. The van der Waals surface area contributed by atoms with Crippen molar-refractivity contribution in [3.8, 4) is 0 Å². The van der Waals surface area contributed by atoms with Gasteiger partial charge in [-0.2, -0.15) is 21.9 Å². The molecule has 0 aliphatic heterocycles. The summed E-state index contributed by atoms with van der Waals surface area (Å²) >= 11 is 0. The molecule has 0 radical (unpaired) electrons. The molecule has 0 bridgehead atoms. The normalized spacial score (nSPS) is 17.6. The smallest absolute Gasteiger partial charge is 0.108 e. The molecule has 0 N–H and O–H groups in total. The van der Waals surface area contributed by atoms with E-state index >= 15 is 0 Å². The van der Waals surface area contributed by atoms with Crippen molar-refractivity contribution in [3.05, 3.63) is 133 Å². The van der Waals surface area contributed by atoms with E-state index in [4.69, 9.17) is 0 Å². The number of hydrogen-bond donors (Lipinski definition) is 0. The first-order chi connectivity index (χ1) is 17.9. The second-order valence-electron chi connectivity index (χ2n) is 10.5. The minimum absolute atomic E-state index is 1.01. The van der Waals surface area contributed by atoms with E-state index in [1.165, 1.54) is 73.2 Å². The molecule has 0 amide bonds. The average Bonchev–Trinajstić information content (AvgIpc) is 3.22. The highest BCUT2D eigenvalue weighted by Gasteiger charge is 2.31. The fourth-order valence-corrected chi connectivity index (χ4v) is 6.66. The van der Waals surface area contributed by atoms with Crippen LogP contribution in [0.5, 0.6) is 0 Å². The molecule has 4 aromatic carbocycles. The van der Waals surface area contributed by atoms with Gasteiger partial charge in [0.1, 0.15) is 6.15 Å². The van der Waals surface area contributed by atoms with Crippen LogP contribution < -0.4 is 21.9 Å². The quantitative estimate of drug-likeness (QED) is 0.229. The van der Waals surface area contributed by atoms with Crippen LogP contribution in [-0.4, -0.2) is 6.15 Å². The molecule has 36 heavy (non-hydrogen) atoms. The number of rotatable bonds is 4. The lowest BCUT2D eigenvalue weighted by atomic mass is 9.13. The van der Waals surface area contributed by atoms with Crippen LogP contribution in [0.4, 0.5) is 0 Å². The molecule has 1 saturated carbocycles. The molecular weight excluding hydrogens is 431 g/mol. The highest BCUT2D eigenvalue weighted by molar-refractivity contribution is 7.19. The van der Waals surface area contributed by atoms with Gasteiger partial charge < -0.3 is 0 Å². The minimum Gasteiger partial charge on any atom is -0.195 e.